The molecule has 26 heavy (non-hydrogen) atoms. The van der Waals surface area contributed by atoms with Gasteiger partial charge in [0, 0.05) is 15.4 Å². The standard InChI is InChI=1S/C20H18BrNO4/c1-2-13-7-8-15-14(11-25-18(15)9-13)10-20(24)26-12-19(23)22-17-6-4-3-5-16(17)21/h3-9,11H,2,10,12H2,1H3,(H,22,23). The number of fused-ring (bicyclic) bond motifs is 1. The monoisotopic (exact) mass is 415 g/mol. The molecule has 2 aromatic carbocycles. The van der Waals surface area contributed by atoms with Gasteiger partial charge in [-0.15, -0.1) is 0 Å². The van der Waals surface area contributed by atoms with Crippen molar-refractivity contribution in [1.29, 1.82) is 0 Å². The number of nitrogens with one attached hydrogen (secondary N) is 1. The molecule has 134 valence electrons. The molecule has 1 aromatic heterocycles. The van der Waals surface area contributed by atoms with Crippen LogP contribution in [0.3, 0.4) is 0 Å². The third kappa shape index (κ3) is 4.32. The number of ether oxygens (including phenoxy) is 1. The second kappa shape index (κ2) is 8.19. The van der Waals surface area contributed by atoms with E-state index in [0.29, 0.717) is 5.69 Å². The minimum atomic E-state index is -0.477. The number of carbonyl (C=O) groups is 2. The van der Waals surface area contributed by atoms with E-state index in [0.717, 1.165) is 27.4 Å². The van der Waals surface area contributed by atoms with Crippen LogP contribution in [0.15, 0.2) is 57.6 Å². The SMILES string of the molecule is CCc1ccc2c(CC(=O)OCC(=O)Nc3ccccc3Br)coc2c1. The first-order valence-corrected chi connectivity index (χ1v) is 9.05. The van der Waals surface area contributed by atoms with Gasteiger partial charge < -0.3 is 14.5 Å². The second-order valence-electron chi connectivity index (χ2n) is 5.81. The van der Waals surface area contributed by atoms with E-state index in [1.165, 1.54) is 5.56 Å². The van der Waals surface area contributed by atoms with Crippen molar-refractivity contribution in [3.63, 3.8) is 0 Å². The topological polar surface area (TPSA) is 68.5 Å². The number of hydrogen-bond acceptors (Lipinski definition) is 4. The third-order valence-corrected chi connectivity index (χ3v) is 4.67. The van der Waals surface area contributed by atoms with Crippen LogP contribution in [0.4, 0.5) is 5.69 Å². The summed E-state index contributed by atoms with van der Waals surface area (Å²) in [6, 6.07) is 13.1. The van der Waals surface area contributed by atoms with Gasteiger partial charge in [-0.2, -0.15) is 0 Å². The van der Waals surface area contributed by atoms with Crippen LogP contribution in [0, 0.1) is 0 Å². The van der Waals surface area contributed by atoms with E-state index >= 15 is 0 Å². The summed E-state index contributed by atoms with van der Waals surface area (Å²) in [5, 5.41) is 3.57. The number of anilines is 1. The lowest BCUT2D eigenvalue weighted by Crippen LogP contribution is -2.21. The number of rotatable bonds is 6. The van der Waals surface area contributed by atoms with Gasteiger partial charge in [0.25, 0.3) is 5.91 Å². The lowest BCUT2D eigenvalue weighted by atomic mass is 10.1. The number of para-hydroxylation sites is 1. The fourth-order valence-corrected chi connectivity index (χ4v) is 2.97. The predicted molar refractivity (Wildman–Crippen MR) is 103 cm³/mol. The maximum absolute atomic E-state index is 12.0. The van der Waals surface area contributed by atoms with Gasteiger partial charge in [0.2, 0.25) is 0 Å². The number of aryl methyl sites for hydroxylation is 1. The van der Waals surface area contributed by atoms with Crippen LogP contribution in [-0.4, -0.2) is 18.5 Å². The number of benzene rings is 2. The van der Waals surface area contributed by atoms with Gasteiger partial charge in [-0.25, -0.2) is 0 Å². The molecule has 0 fully saturated rings. The van der Waals surface area contributed by atoms with Crippen LogP contribution in [0.2, 0.25) is 0 Å². The minimum Gasteiger partial charge on any atom is -0.464 e. The van der Waals surface area contributed by atoms with E-state index in [-0.39, 0.29) is 13.0 Å². The molecule has 1 heterocycles. The van der Waals surface area contributed by atoms with Crippen LogP contribution in [0.25, 0.3) is 11.0 Å². The summed E-state index contributed by atoms with van der Waals surface area (Å²) in [4.78, 5) is 24.0. The summed E-state index contributed by atoms with van der Waals surface area (Å²) in [5.41, 5.74) is 3.29. The number of esters is 1. The van der Waals surface area contributed by atoms with E-state index in [9.17, 15) is 9.59 Å². The summed E-state index contributed by atoms with van der Waals surface area (Å²) in [6.07, 6.45) is 2.54. The van der Waals surface area contributed by atoms with E-state index in [2.05, 4.69) is 28.2 Å². The molecule has 0 radical (unpaired) electrons. The smallest absolute Gasteiger partial charge is 0.310 e. The highest BCUT2D eigenvalue weighted by atomic mass is 79.9. The molecule has 0 saturated heterocycles. The third-order valence-electron chi connectivity index (χ3n) is 3.98. The Morgan fingerprint density at radius 3 is 2.77 bits per heavy atom. The molecular weight excluding hydrogens is 398 g/mol. The largest absolute Gasteiger partial charge is 0.464 e. The number of halogens is 1. The van der Waals surface area contributed by atoms with Crippen molar-refractivity contribution in [1.82, 2.24) is 0 Å². The fourth-order valence-electron chi connectivity index (χ4n) is 2.59. The molecule has 3 rings (SSSR count). The van der Waals surface area contributed by atoms with Crippen molar-refractivity contribution in [2.24, 2.45) is 0 Å². The molecule has 0 saturated carbocycles. The lowest BCUT2D eigenvalue weighted by Gasteiger charge is -2.07. The molecule has 0 aliphatic heterocycles. The van der Waals surface area contributed by atoms with E-state index in [1.54, 1.807) is 18.4 Å². The van der Waals surface area contributed by atoms with Crippen LogP contribution in [0.1, 0.15) is 18.1 Å². The molecule has 5 nitrogen and oxygen atoms in total. The molecule has 0 aliphatic carbocycles. The molecule has 0 unspecified atom stereocenters. The van der Waals surface area contributed by atoms with Crippen molar-refractivity contribution >= 4 is 44.5 Å². The molecule has 0 bridgehead atoms. The van der Waals surface area contributed by atoms with Gasteiger partial charge in [0.15, 0.2) is 6.61 Å². The molecule has 1 N–H and O–H groups in total. The van der Waals surface area contributed by atoms with Gasteiger partial charge >= 0.3 is 5.97 Å². The molecule has 0 aliphatic rings. The Morgan fingerprint density at radius 1 is 1.19 bits per heavy atom. The Labute approximate surface area is 159 Å². The fraction of sp³-hybridized carbons (Fsp3) is 0.200. The van der Waals surface area contributed by atoms with Crippen LogP contribution < -0.4 is 5.32 Å². The van der Waals surface area contributed by atoms with Crippen LogP contribution in [0.5, 0.6) is 0 Å². The number of amides is 1. The maximum Gasteiger partial charge on any atom is 0.310 e. The highest BCUT2D eigenvalue weighted by molar-refractivity contribution is 9.10. The van der Waals surface area contributed by atoms with Gasteiger partial charge in [-0.1, -0.05) is 31.2 Å². The van der Waals surface area contributed by atoms with Gasteiger partial charge in [0.1, 0.15) is 5.58 Å². The number of furan rings is 1. The zero-order valence-corrected chi connectivity index (χ0v) is 15.8. The van der Waals surface area contributed by atoms with Crippen molar-refractivity contribution in [2.45, 2.75) is 19.8 Å². The molecular formula is C20H18BrNO4. The quantitative estimate of drug-likeness (QED) is 0.602. The van der Waals surface area contributed by atoms with E-state index < -0.39 is 11.9 Å². The van der Waals surface area contributed by atoms with Crippen molar-refractivity contribution in [3.8, 4) is 0 Å². The summed E-state index contributed by atoms with van der Waals surface area (Å²) in [5.74, 6) is -0.871. The van der Waals surface area contributed by atoms with Gasteiger partial charge in [-0.05, 0) is 46.1 Å². The zero-order valence-electron chi connectivity index (χ0n) is 14.3. The first kappa shape index (κ1) is 18.2. The molecule has 0 spiro atoms. The predicted octanol–water partition coefficient (Wildman–Crippen LogP) is 4.48. The van der Waals surface area contributed by atoms with Crippen molar-refractivity contribution in [2.75, 3.05) is 11.9 Å². The Hall–Kier alpha value is -2.60. The Balaban J connectivity index is 1.56. The van der Waals surface area contributed by atoms with Crippen molar-refractivity contribution in [3.05, 3.63) is 64.3 Å². The molecule has 1 amide bonds. The Morgan fingerprint density at radius 2 is 2.00 bits per heavy atom. The van der Waals surface area contributed by atoms with Gasteiger partial charge in [-0.3, -0.25) is 9.59 Å². The molecule has 0 atom stereocenters. The lowest BCUT2D eigenvalue weighted by molar-refractivity contribution is -0.146. The Bertz CT molecular complexity index is 948. The summed E-state index contributed by atoms with van der Waals surface area (Å²) in [6.45, 7) is 1.73. The first-order chi connectivity index (χ1) is 12.6. The average molecular weight is 416 g/mol. The number of carbonyl (C=O) groups excluding carboxylic acids is 2. The number of hydrogen-bond donors (Lipinski definition) is 1. The molecule has 3 aromatic rings. The summed E-state index contributed by atoms with van der Waals surface area (Å²) in [7, 11) is 0. The van der Waals surface area contributed by atoms with Gasteiger partial charge in [0.05, 0.1) is 18.4 Å². The first-order valence-electron chi connectivity index (χ1n) is 8.26. The van der Waals surface area contributed by atoms with Crippen LogP contribution in [-0.2, 0) is 27.2 Å². The van der Waals surface area contributed by atoms with Crippen molar-refractivity contribution < 1.29 is 18.7 Å². The Kier molecular flexibility index (Phi) is 5.73. The second-order valence-corrected chi connectivity index (χ2v) is 6.66. The molecule has 6 heteroatoms. The highest BCUT2D eigenvalue weighted by Crippen LogP contribution is 2.24. The maximum atomic E-state index is 12.0. The van der Waals surface area contributed by atoms with E-state index in [4.69, 9.17) is 9.15 Å². The van der Waals surface area contributed by atoms with E-state index in [1.807, 2.05) is 30.3 Å². The summed E-state index contributed by atoms with van der Waals surface area (Å²) >= 11 is 3.34. The average Bonchev–Trinajstić information content (AvgIpc) is 3.04. The summed E-state index contributed by atoms with van der Waals surface area (Å²) < 4.78 is 11.4. The minimum absolute atomic E-state index is 0.0563. The highest BCUT2D eigenvalue weighted by Gasteiger charge is 2.14. The zero-order chi connectivity index (χ0) is 18.5. The van der Waals surface area contributed by atoms with Crippen LogP contribution >= 0.6 is 15.9 Å². The normalized spacial score (nSPS) is 10.7.